The van der Waals surface area contributed by atoms with E-state index in [0.717, 1.165) is 12.8 Å². The average molecular weight is 287 g/mol. The van der Waals surface area contributed by atoms with E-state index in [9.17, 15) is 9.59 Å². The van der Waals surface area contributed by atoms with Crippen molar-refractivity contribution in [2.24, 2.45) is 11.3 Å². The molecule has 0 saturated heterocycles. The summed E-state index contributed by atoms with van der Waals surface area (Å²) in [5, 5.41) is 2.47. The van der Waals surface area contributed by atoms with Crippen molar-refractivity contribution < 1.29 is 19.1 Å². The van der Waals surface area contributed by atoms with E-state index in [4.69, 9.17) is 9.47 Å². The molecule has 0 fully saturated rings. The van der Waals surface area contributed by atoms with Crippen LogP contribution in [0.2, 0.25) is 0 Å². The molecule has 0 aromatic carbocycles. The zero-order valence-corrected chi connectivity index (χ0v) is 13.6. The lowest BCUT2D eigenvalue weighted by Gasteiger charge is -2.19. The van der Waals surface area contributed by atoms with Crippen LogP contribution in [0.25, 0.3) is 0 Å². The first kappa shape index (κ1) is 18.7. The van der Waals surface area contributed by atoms with Gasteiger partial charge in [-0.1, -0.05) is 34.6 Å². The van der Waals surface area contributed by atoms with Crippen molar-refractivity contribution >= 4 is 12.1 Å². The van der Waals surface area contributed by atoms with Gasteiger partial charge in [-0.05, 0) is 31.1 Å². The van der Waals surface area contributed by atoms with Gasteiger partial charge < -0.3 is 14.8 Å². The molecule has 1 N–H and O–H groups in total. The Balaban J connectivity index is 3.86. The molecule has 5 heteroatoms. The van der Waals surface area contributed by atoms with E-state index in [0.29, 0.717) is 19.1 Å². The van der Waals surface area contributed by atoms with E-state index in [1.54, 1.807) is 6.92 Å². The standard InChI is InChI=1S/C15H29NO4/c1-11(2)8-7-9-19-13(17)12(3)16-14(18)20-10-15(4,5)6/h11-12H,7-10H2,1-6H3,(H,16,18)/t12-/m0/s1. The van der Waals surface area contributed by atoms with Crippen LogP contribution in [0, 0.1) is 11.3 Å². The van der Waals surface area contributed by atoms with Crippen LogP contribution in [0.1, 0.15) is 54.4 Å². The van der Waals surface area contributed by atoms with E-state index in [2.05, 4.69) is 19.2 Å². The lowest BCUT2D eigenvalue weighted by Crippen LogP contribution is -2.40. The molecule has 1 amide bonds. The van der Waals surface area contributed by atoms with Gasteiger partial charge in [-0.25, -0.2) is 9.59 Å². The molecular formula is C15H29NO4. The van der Waals surface area contributed by atoms with Gasteiger partial charge in [0.05, 0.1) is 13.2 Å². The summed E-state index contributed by atoms with van der Waals surface area (Å²) in [7, 11) is 0. The number of alkyl carbamates (subject to hydrolysis) is 1. The van der Waals surface area contributed by atoms with Crippen LogP contribution < -0.4 is 5.32 Å². The third-order valence-corrected chi connectivity index (χ3v) is 2.49. The molecule has 0 aromatic rings. The Bertz CT molecular complexity index is 307. The van der Waals surface area contributed by atoms with Crippen LogP contribution in [0.5, 0.6) is 0 Å². The Hall–Kier alpha value is -1.26. The number of esters is 1. The summed E-state index contributed by atoms with van der Waals surface area (Å²) in [5.74, 6) is 0.165. The molecule has 0 bridgehead atoms. The molecule has 0 aliphatic rings. The van der Waals surface area contributed by atoms with Gasteiger partial charge in [0.2, 0.25) is 0 Å². The second kappa shape index (κ2) is 8.82. The van der Waals surface area contributed by atoms with Gasteiger partial charge in [0, 0.05) is 0 Å². The van der Waals surface area contributed by atoms with E-state index >= 15 is 0 Å². The van der Waals surface area contributed by atoms with Crippen LogP contribution in [0.4, 0.5) is 4.79 Å². The van der Waals surface area contributed by atoms with Crippen LogP contribution in [0.15, 0.2) is 0 Å². The number of hydrogen-bond acceptors (Lipinski definition) is 4. The van der Waals surface area contributed by atoms with Crippen molar-refractivity contribution in [3.05, 3.63) is 0 Å². The Kier molecular flexibility index (Phi) is 8.26. The quantitative estimate of drug-likeness (QED) is 0.577. The van der Waals surface area contributed by atoms with Crippen molar-refractivity contribution in [1.29, 1.82) is 0 Å². The molecule has 0 radical (unpaired) electrons. The summed E-state index contributed by atoms with van der Waals surface area (Å²) in [6.07, 6.45) is 1.26. The Morgan fingerprint density at radius 2 is 1.70 bits per heavy atom. The maximum Gasteiger partial charge on any atom is 0.407 e. The van der Waals surface area contributed by atoms with Gasteiger partial charge >= 0.3 is 12.1 Å². The Morgan fingerprint density at radius 1 is 1.10 bits per heavy atom. The summed E-state index contributed by atoms with van der Waals surface area (Å²) in [6.45, 7) is 12.4. The third kappa shape index (κ3) is 10.6. The highest BCUT2D eigenvalue weighted by Gasteiger charge is 2.19. The first-order chi connectivity index (χ1) is 9.11. The molecule has 20 heavy (non-hydrogen) atoms. The summed E-state index contributed by atoms with van der Waals surface area (Å²) in [5.41, 5.74) is -0.0993. The lowest BCUT2D eigenvalue weighted by atomic mass is 9.99. The number of carbonyl (C=O) groups excluding carboxylic acids is 2. The smallest absolute Gasteiger partial charge is 0.407 e. The molecule has 118 valence electrons. The molecular weight excluding hydrogens is 258 g/mol. The normalized spacial score (nSPS) is 12.9. The number of ether oxygens (including phenoxy) is 2. The zero-order chi connectivity index (χ0) is 15.8. The lowest BCUT2D eigenvalue weighted by molar-refractivity contribution is -0.145. The number of carbonyl (C=O) groups is 2. The van der Waals surface area contributed by atoms with E-state index in [1.807, 2.05) is 20.8 Å². The maximum absolute atomic E-state index is 11.6. The molecule has 0 aliphatic heterocycles. The highest BCUT2D eigenvalue weighted by atomic mass is 16.6. The SMILES string of the molecule is CC(C)CCCOC(=O)[C@H](C)NC(=O)OCC(C)(C)C. The molecule has 0 saturated carbocycles. The second-order valence-electron chi connectivity index (χ2n) is 6.71. The summed E-state index contributed by atoms with van der Waals surface area (Å²) in [6, 6.07) is -0.693. The minimum atomic E-state index is -0.693. The first-order valence-corrected chi connectivity index (χ1v) is 7.22. The molecule has 5 nitrogen and oxygen atoms in total. The van der Waals surface area contributed by atoms with Gasteiger partial charge in [-0.15, -0.1) is 0 Å². The van der Waals surface area contributed by atoms with Gasteiger partial charge in [0.1, 0.15) is 6.04 Å². The molecule has 0 aromatic heterocycles. The molecule has 0 spiro atoms. The van der Waals surface area contributed by atoms with Crippen molar-refractivity contribution in [2.45, 2.75) is 60.4 Å². The highest BCUT2D eigenvalue weighted by molar-refractivity contribution is 5.80. The monoisotopic (exact) mass is 287 g/mol. The summed E-state index contributed by atoms with van der Waals surface area (Å²) < 4.78 is 10.1. The van der Waals surface area contributed by atoms with E-state index in [-0.39, 0.29) is 5.41 Å². The number of rotatable bonds is 7. The maximum atomic E-state index is 11.6. The van der Waals surface area contributed by atoms with E-state index < -0.39 is 18.1 Å². The Morgan fingerprint density at radius 3 is 2.20 bits per heavy atom. The molecule has 0 aliphatic carbocycles. The van der Waals surface area contributed by atoms with Crippen molar-refractivity contribution in [3.63, 3.8) is 0 Å². The van der Waals surface area contributed by atoms with Crippen LogP contribution >= 0.6 is 0 Å². The third-order valence-electron chi connectivity index (χ3n) is 2.49. The van der Waals surface area contributed by atoms with Gasteiger partial charge in [-0.2, -0.15) is 0 Å². The van der Waals surface area contributed by atoms with Gasteiger partial charge in [-0.3, -0.25) is 0 Å². The molecule has 0 unspecified atom stereocenters. The predicted molar refractivity (Wildman–Crippen MR) is 78.4 cm³/mol. The highest BCUT2D eigenvalue weighted by Crippen LogP contribution is 2.12. The van der Waals surface area contributed by atoms with Crippen molar-refractivity contribution in [2.75, 3.05) is 13.2 Å². The predicted octanol–water partition coefficient (Wildman–Crippen LogP) is 3.13. The Labute approximate surface area is 122 Å². The first-order valence-electron chi connectivity index (χ1n) is 7.22. The minimum absolute atomic E-state index is 0.0993. The van der Waals surface area contributed by atoms with Crippen LogP contribution in [-0.4, -0.2) is 31.3 Å². The van der Waals surface area contributed by atoms with Crippen molar-refractivity contribution in [3.8, 4) is 0 Å². The molecule has 0 rings (SSSR count). The number of amides is 1. The summed E-state index contributed by atoms with van der Waals surface area (Å²) in [4.78, 5) is 23.1. The van der Waals surface area contributed by atoms with Gasteiger partial charge in [0.25, 0.3) is 0 Å². The fourth-order valence-electron chi connectivity index (χ4n) is 1.35. The van der Waals surface area contributed by atoms with Crippen molar-refractivity contribution in [1.82, 2.24) is 5.32 Å². The van der Waals surface area contributed by atoms with Gasteiger partial charge in [0.15, 0.2) is 0 Å². The summed E-state index contributed by atoms with van der Waals surface area (Å²) >= 11 is 0. The average Bonchev–Trinajstić information content (AvgIpc) is 2.30. The number of hydrogen-bond donors (Lipinski definition) is 1. The second-order valence-corrected chi connectivity index (χ2v) is 6.71. The molecule has 0 heterocycles. The van der Waals surface area contributed by atoms with E-state index in [1.165, 1.54) is 0 Å². The fourth-order valence-corrected chi connectivity index (χ4v) is 1.35. The zero-order valence-electron chi connectivity index (χ0n) is 13.6. The minimum Gasteiger partial charge on any atom is -0.464 e. The largest absolute Gasteiger partial charge is 0.464 e. The topological polar surface area (TPSA) is 64.6 Å². The fraction of sp³-hybridized carbons (Fsp3) is 0.867. The molecule has 1 atom stereocenters. The van der Waals surface area contributed by atoms with Crippen LogP contribution in [-0.2, 0) is 14.3 Å². The number of nitrogens with one attached hydrogen (secondary N) is 1. The van der Waals surface area contributed by atoms with Crippen LogP contribution in [0.3, 0.4) is 0 Å².